The van der Waals surface area contributed by atoms with Crippen LogP contribution in [-0.2, 0) is 10.0 Å². The average Bonchev–Trinajstić information content (AvgIpc) is 3.41. The number of nitrogens with one attached hydrogen (secondary N) is 1. The summed E-state index contributed by atoms with van der Waals surface area (Å²) in [6, 6.07) is 11.5. The van der Waals surface area contributed by atoms with Crippen molar-refractivity contribution in [2.45, 2.75) is 17.7 Å². The highest BCUT2D eigenvalue weighted by molar-refractivity contribution is 7.89. The van der Waals surface area contributed by atoms with E-state index in [0.717, 1.165) is 31.6 Å². The first-order chi connectivity index (χ1) is 13.1. The van der Waals surface area contributed by atoms with Crippen LogP contribution in [0.15, 0.2) is 47.5 Å². The largest absolute Gasteiger partial charge is 0.369 e. The maximum atomic E-state index is 13.0. The van der Waals surface area contributed by atoms with Crippen molar-refractivity contribution in [3.63, 3.8) is 0 Å². The number of amides is 1. The summed E-state index contributed by atoms with van der Waals surface area (Å²) in [6.07, 6.45) is 3.44. The first kappa shape index (κ1) is 18.1. The van der Waals surface area contributed by atoms with E-state index in [9.17, 15) is 13.2 Å². The molecule has 144 valence electrons. The summed E-state index contributed by atoms with van der Waals surface area (Å²) in [6.45, 7) is 3.62. The minimum atomic E-state index is -3.60. The second kappa shape index (κ2) is 7.36. The third-order valence-electron chi connectivity index (χ3n) is 5.28. The van der Waals surface area contributed by atoms with Crippen molar-refractivity contribution in [3.05, 3.63) is 48.3 Å². The molecule has 1 aromatic carbocycles. The number of piperazine rings is 1. The third-order valence-corrected chi connectivity index (χ3v) is 7.15. The summed E-state index contributed by atoms with van der Waals surface area (Å²) in [5.74, 6) is -0.122. The lowest BCUT2D eigenvalue weighted by Crippen LogP contribution is -2.48. The van der Waals surface area contributed by atoms with Crippen molar-refractivity contribution in [2.24, 2.45) is 0 Å². The predicted octanol–water partition coefficient (Wildman–Crippen LogP) is 1.76. The second-order valence-electron chi connectivity index (χ2n) is 6.98. The lowest BCUT2D eigenvalue weighted by molar-refractivity contribution is 0.0787. The Kier molecular flexibility index (Phi) is 4.92. The molecule has 0 spiro atoms. The van der Waals surface area contributed by atoms with E-state index in [1.54, 1.807) is 4.90 Å². The number of benzene rings is 1. The van der Waals surface area contributed by atoms with Crippen LogP contribution in [0.1, 0.15) is 23.3 Å². The van der Waals surface area contributed by atoms with Crippen LogP contribution in [0.2, 0.25) is 0 Å². The Morgan fingerprint density at radius 2 is 1.59 bits per heavy atom. The van der Waals surface area contributed by atoms with E-state index < -0.39 is 10.0 Å². The number of nitrogens with zero attached hydrogens (tertiary/aromatic N) is 3. The van der Waals surface area contributed by atoms with Gasteiger partial charge < -0.3 is 14.8 Å². The molecule has 1 N–H and O–H groups in total. The van der Waals surface area contributed by atoms with E-state index >= 15 is 0 Å². The molecule has 2 saturated heterocycles. The van der Waals surface area contributed by atoms with Crippen LogP contribution in [0.4, 0.5) is 5.69 Å². The fraction of sp³-hybridized carbons (Fsp3) is 0.421. The van der Waals surface area contributed by atoms with Crippen LogP contribution in [0, 0.1) is 0 Å². The quantitative estimate of drug-likeness (QED) is 0.866. The molecular weight excluding hydrogens is 364 g/mol. The van der Waals surface area contributed by atoms with Gasteiger partial charge in [-0.25, -0.2) is 8.42 Å². The Balaban J connectivity index is 1.44. The zero-order valence-corrected chi connectivity index (χ0v) is 16.0. The molecule has 0 unspecified atom stereocenters. The zero-order chi connectivity index (χ0) is 18.9. The van der Waals surface area contributed by atoms with Crippen LogP contribution in [0.5, 0.6) is 0 Å². The number of likely N-dealkylation sites (tertiary alicyclic amines) is 1. The number of carbonyl (C=O) groups is 1. The maximum Gasteiger partial charge on any atom is 0.270 e. The minimum Gasteiger partial charge on any atom is -0.369 e. The molecule has 27 heavy (non-hydrogen) atoms. The molecular formula is C19H24N4O3S. The Morgan fingerprint density at radius 1 is 0.926 bits per heavy atom. The van der Waals surface area contributed by atoms with Crippen molar-refractivity contribution in [1.82, 2.24) is 14.2 Å². The molecule has 0 atom stereocenters. The molecule has 8 heteroatoms. The van der Waals surface area contributed by atoms with Gasteiger partial charge in [-0.05, 0) is 31.0 Å². The van der Waals surface area contributed by atoms with Gasteiger partial charge in [-0.2, -0.15) is 4.31 Å². The molecule has 4 rings (SSSR count). The lowest BCUT2D eigenvalue weighted by atomic mass is 10.2. The molecule has 1 aromatic heterocycles. The van der Waals surface area contributed by atoms with E-state index in [0.29, 0.717) is 31.9 Å². The molecule has 2 fully saturated rings. The highest BCUT2D eigenvalue weighted by atomic mass is 32.2. The number of aromatic nitrogens is 1. The number of anilines is 1. The summed E-state index contributed by atoms with van der Waals surface area (Å²) in [7, 11) is -3.60. The van der Waals surface area contributed by atoms with Gasteiger partial charge in [0.1, 0.15) is 10.6 Å². The van der Waals surface area contributed by atoms with Crippen molar-refractivity contribution < 1.29 is 13.2 Å². The maximum absolute atomic E-state index is 13.0. The van der Waals surface area contributed by atoms with Crippen molar-refractivity contribution in [2.75, 3.05) is 44.2 Å². The van der Waals surface area contributed by atoms with Crippen LogP contribution in [-0.4, -0.2) is 67.8 Å². The van der Waals surface area contributed by atoms with Crippen molar-refractivity contribution in [3.8, 4) is 0 Å². The molecule has 7 nitrogen and oxygen atoms in total. The van der Waals surface area contributed by atoms with E-state index in [4.69, 9.17) is 0 Å². The number of carbonyl (C=O) groups excluding carboxylic acids is 1. The average molecular weight is 388 g/mol. The van der Waals surface area contributed by atoms with E-state index in [1.165, 1.54) is 16.6 Å². The summed E-state index contributed by atoms with van der Waals surface area (Å²) in [5.41, 5.74) is 1.45. The molecule has 2 aliphatic heterocycles. The molecule has 0 radical (unpaired) electrons. The van der Waals surface area contributed by atoms with Crippen molar-refractivity contribution in [1.29, 1.82) is 0 Å². The highest BCUT2D eigenvalue weighted by Gasteiger charge is 2.30. The fourth-order valence-corrected chi connectivity index (χ4v) is 5.13. The Morgan fingerprint density at radius 3 is 2.26 bits per heavy atom. The third kappa shape index (κ3) is 3.59. The SMILES string of the molecule is O=C(c1cc(S(=O)(=O)N2CCN(c3ccccc3)CC2)c[nH]1)N1CCCC1. The van der Waals surface area contributed by atoms with Gasteiger partial charge in [-0.3, -0.25) is 4.79 Å². The summed E-state index contributed by atoms with van der Waals surface area (Å²) < 4.78 is 27.4. The van der Waals surface area contributed by atoms with Crippen molar-refractivity contribution >= 4 is 21.6 Å². The van der Waals surface area contributed by atoms with Gasteiger partial charge in [0.15, 0.2) is 0 Å². The molecule has 0 aliphatic carbocycles. The summed E-state index contributed by atoms with van der Waals surface area (Å²) >= 11 is 0. The summed E-state index contributed by atoms with van der Waals surface area (Å²) in [4.78, 5) is 19.4. The van der Waals surface area contributed by atoms with Crippen LogP contribution >= 0.6 is 0 Å². The highest BCUT2D eigenvalue weighted by Crippen LogP contribution is 2.22. The van der Waals surface area contributed by atoms with Gasteiger partial charge in [0.05, 0.1) is 0 Å². The molecule has 3 heterocycles. The standard InChI is InChI=1S/C19H24N4O3S/c24-19(22-8-4-5-9-22)18-14-17(15-20-18)27(25,26)23-12-10-21(11-13-23)16-6-2-1-3-7-16/h1-3,6-7,14-15,20H,4-5,8-13H2. The van der Waals surface area contributed by atoms with Gasteiger partial charge in [0.2, 0.25) is 10.0 Å². The van der Waals surface area contributed by atoms with Gasteiger partial charge >= 0.3 is 0 Å². The molecule has 2 aromatic rings. The van der Waals surface area contributed by atoms with E-state index in [-0.39, 0.29) is 10.8 Å². The van der Waals surface area contributed by atoms with Crippen LogP contribution in [0.3, 0.4) is 0 Å². The number of rotatable bonds is 4. The lowest BCUT2D eigenvalue weighted by Gasteiger charge is -2.35. The Hall–Kier alpha value is -2.32. The number of hydrogen-bond acceptors (Lipinski definition) is 4. The van der Waals surface area contributed by atoms with Crippen LogP contribution in [0.25, 0.3) is 0 Å². The smallest absolute Gasteiger partial charge is 0.270 e. The van der Waals surface area contributed by atoms with Gasteiger partial charge in [-0.15, -0.1) is 0 Å². The minimum absolute atomic E-state index is 0.122. The number of sulfonamides is 1. The first-order valence-corrected chi connectivity index (χ1v) is 10.8. The van der Waals surface area contributed by atoms with E-state index in [2.05, 4.69) is 9.88 Å². The molecule has 0 bridgehead atoms. The fourth-order valence-electron chi connectivity index (χ4n) is 3.71. The number of para-hydroxylation sites is 1. The normalized spacial score (nSPS) is 18.8. The molecule has 1 amide bonds. The van der Waals surface area contributed by atoms with Gasteiger partial charge in [-0.1, -0.05) is 18.2 Å². The first-order valence-electron chi connectivity index (χ1n) is 9.33. The Labute approximate surface area is 159 Å². The molecule has 0 saturated carbocycles. The Bertz CT molecular complexity index is 896. The molecule has 2 aliphatic rings. The second-order valence-corrected chi connectivity index (χ2v) is 8.91. The summed E-state index contributed by atoms with van der Waals surface area (Å²) in [5, 5.41) is 0. The van der Waals surface area contributed by atoms with Gasteiger partial charge in [0.25, 0.3) is 5.91 Å². The number of aromatic amines is 1. The topological polar surface area (TPSA) is 76.7 Å². The number of H-pyrrole nitrogens is 1. The zero-order valence-electron chi connectivity index (χ0n) is 15.2. The van der Waals surface area contributed by atoms with E-state index in [1.807, 2.05) is 30.3 Å². The number of hydrogen-bond donors (Lipinski definition) is 1. The monoisotopic (exact) mass is 388 g/mol. The van der Waals surface area contributed by atoms with Crippen LogP contribution < -0.4 is 4.90 Å². The van der Waals surface area contributed by atoms with Gasteiger partial charge in [0, 0.05) is 51.2 Å². The predicted molar refractivity (Wildman–Crippen MR) is 103 cm³/mol.